The molecule has 8 heteroatoms. The van der Waals surface area contributed by atoms with Gasteiger partial charge in [-0.05, 0) is 48.8 Å². The molecule has 1 aromatic heterocycles. The second kappa shape index (κ2) is 8.48. The van der Waals surface area contributed by atoms with Crippen molar-refractivity contribution in [3.63, 3.8) is 0 Å². The van der Waals surface area contributed by atoms with E-state index in [4.69, 9.17) is 4.74 Å². The Balaban J connectivity index is 1.34. The van der Waals surface area contributed by atoms with Crippen LogP contribution in [0.25, 0.3) is 10.1 Å². The van der Waals surface area contributed by atoms with Crippen LogP contribution in [0.2, 0.25) is 0 Å². The van der Waals surface area contributed by atoms with E-state index >= 15 is 0 Å². The standard InChI is InChI=1S/C21H22N4O3S/c1-2-28-16-9-7-15(8-10-16)22-21(27)25-13-11-24(12-14-25)20(26)19-17-5-3-4-6-18(17)29-23-19/h3-10H,2,11-14H2,1H3,(H,22,27). The van der Waals surface area contributed by atoms with E-state index < -0.39 is 0 Å². The van der Waals surface area contributed by atoms with Crippen LogP contribution in [-0.4, -0.2) is 58.9 Å². The van der Waals surface area contributed by atoms with Crippen molar-refractivity contribution in [2.24, 2.45) is 0 Å². The number of amides is 3. The van der Waals surface area contributed by atoms with Gasteiger partial charge in [0.05, 0.1) is 11.3 Å². The smallest absolute Gasteiger partial charge is 0.321 e. The summed E-state index contributed by atoms with van der Waals surface area (Å²) < 4.78 is 10.8. The number of urea groups is 1. The van der Waals surface area contributed by atoms with Crippen LogP contribution < -0.4 is 10.1 Å². The molecular formula is C21H22N4O3S. The van der Waals surface area contributed by atoms with Crippen molar-refractivity contribution >= 4 is 39.2 Å². The predicted octanol–water partition coefficient (Wildman–Crippen LogP) is 3.68. The van der Waals surface area contributed by atoms with Crippen LogP contribution in [0.5, 0.6) is 5.75 Å². The maximum absolute atomic E-state index is 12.9. The largest absolute Gasteiger partial charge is 0.494 e. The number of carbonyl (C=O) groups is 2. The van der Waals surface area contributed by atoms with E-state index in [2.05, 4.69) is 9.69 Å². The Morgan fingerprint density at radius 1 is 1.03 bits per heavy atom. The lowest BCUT2D eigenvalue weighted by Gasteiger charge is -2.34. The molecule has 3 amide bonds. The highest BCUT2D eigenvalue weighted by Gasteiger charge is 2.27. The van der Waals surface area contributed by atoms with Gasteiger partial charge < -0.3 is 19.9 Å². The van der Waals surface area contributed by atoms with Crippen LogP contribution in [-0.2, 0) is 0 Å². The van der Waals surface area contributed by atoms with E-state index in [9.17, 15) is 9.59 Å². The third-order valence-corrected chi connectivity index (χ3v) is 5.68. The van der Waals surface area contributed by atoms with Crippen molar-refractivity contribution < 1.29 is 14.3 Å². The Morgan fingerprint density at radius 3 is 2.45 bits per heavy atom. The number of benzene rings is 2. The lowest BCUT2D eigenvalue weighted by atomic mass is 10.2. The lowest BCUT2D eigenvalue weighted by molar-refractivity contribution is 0.0669. The van der Waals surface area contributed by atoms with Crippen LogP contribution in [0.4, 0.5) is 10.5 Å². The highest BCUT2D eigenvalue weighted by Crippen LogP contribution is 2.24. The summed E-state index contributed by atoms with van der Waals surface area (Å²) in [6.45, 7) is 4.47. The minimum atomic E-state index is -0.166. The fraction of sp³-hybridized carbons (Fsp3) is 0.286. The molecule has 2 aromatic carbocycles. The molecule has 3 aromatic rings. The van der Waals surface area contributed by atoms with Gasteiger partial charge in [0.2, 0.25) is 0 Å². The Morgan fingerprint density at radius 2 is 1.72 bits per heavy atom. The average molecular weight is 410 g/mol. The van der Waals surface area contributed by atoms with Crippen molar-refractivity contribution in [3.8, 4) is 5.75 Å². The lowest BCUT2D eigenvalue weighted by Crippen LogP contribution is -2.51. The number of piperazine rings is 1. The average Bonchev–Trinajstić information content (AvgIpc) is 3.19. The van der Waals surface area contributed by atoms with Gasteiger partial charge in [0, 0.05) is 37.3 Å². The van der Waals surface area contributed by atoms with Crippen LogP contribution in [0.3, 0.4) is 0 Å². The molecule has 0 bridgehead atoms. The zero-order chi connectivity index (χ0) is 20.2. The summed E-state index contributed by atoms with van der Waals surface area (Å²) in [4.78, 5) is 28.9. The molecule has 0 spiro atoms. The molecule has 150 valence electrons. The first-order chi connectivity index (χ1) is 14.2. The van der Waals surface area contributed by atoms with Gasteiger partial charge >= 0.3 is 6.03 Å². The SMILES string of the molecule is CCOc1ccc(NC(=O)N2CCN(C(=O)c3nsc4ccccc34)CC2)cc1. The van der Waals surface area contributed by atoms with E-state index in [1.807, 2.05) is 55.5 Å². The summed E-state index contributed by atoms with van der Waals surface area (Å²) >= 11 is 1.34. The summed E-state index contributed by atoms with van der Waals surface area (Å²) in [5, 5.41) is 3.78. The number of ether oxygens (including phenoxy) is 1. The monoisotopic (exact) mass is 410 g/mol. The van der Waals surface area contributed by atoms with Crippen LogP contribution in [0.15, 0.2) is 48.5 Å². The molecule has 1 aliphatic heterocycles. The van der Waals surface area contributed by atoms with Crippen molar-refractivity contribution in [1.82, 2.24) is 14.2 Å². The normalized spacial score (nSPS) is 14.1. The van der Waals surface area contributed by atoms with Gasteiger partial charge in [-0.15, -0.1) is 0 Å². The zero-order valence-corrected chi connectivity index (χ0v) is 16.9. The van der Waals surface area contributed by atoms with Crippen molar-refractivity contribution in [2.75, 3.05) is 38.1 Å². The van der Waals surface area contributed by atoms with Gasteiger partial charge in [0.15, 0.2) is 0 Å². The molecule has 4 rings (SSSR count). The molecular weight excluding hydrogens is 388 g/mol. The second-order valence-corrected chi connectivity index (χ2v) is 7.50. The molecule has 7 nitrogen and oxygen atoms in total. The summed E-state index contributed by atoms with van der Waals surface area (Å²) in [5.74, 6) is 0.696. The predicted molar refractivity (Wildman–Crippen MR) is 114 cm³/mol. The third kappa shape index (κ3) is 4.17. The third-order valence-electron chi connectivity index (χ3n) is 4.85. The van der Waals surface area contributed by atoms with Crippen molar-refractivity contribution in [2.45, 2.75) is 6.92 Å². The number of nitrogens with one attached hydrogen (secondary N) is 1. The number of nitrogens with zero attached hydrogens (tertiary/aromatic N) is 3. The van der Waals surface area contributed by atoms with Crippen molar-refractivity contribution in [1.29, 1.82) is 0 Å². The first-order valence-corrected chi connectivity index (χ1v) is 10.4. The molecule has 0 saturated carbocycles. The molecule has 29 heavy (non-hydrogen) atoms. The summed E-state index contributed by atoms with van der Waals surface area (Å²) in [6.07, 6.45) is 0. The molecule has 0 aliphatic carbocycles. The van der Waals surface area contributed by atoms with E-state index in [-0.39, 0.29) is 11.9 Å². The van der Waals surface area contributed by atoms with E-state index in [0.717, 1.165) is 15.8 Å². The minimum Gasteiger partial charge on any atom is -0.494 e. The molecule has 0 unspecified atom stereocenters. The van der Waals surface area contributed by atoms with Gasteiger partial charge in [0.25, 0.3) is 5.91 Å². The number of fused-ring (bicyclic) bond motifs is 1. The molecule has 0 radical (unpaired) electrons. The van der Waals surface area contributed by atoms with Gasteiger partial charge in [-0.25, -0.2) is 4.79 Å². The summed E-state index contributed by atoms with van der Waals surface area (Å²) in [7, 11) is 0. The first-order valence-electron chi connectivity index (χ1n) is 9.58. The molecule has 0 atom stereocenters. The summed E-state index contributed by atoms with van der Waals surface area (Å²) in [6, 6.07) is 14.9. The van der Waals surface area contributed by atoms with E-state index in [1.54, 1.807) is 9.80 Å². The molecule has 1 fully saturated rings. The van der Waals surface area contributed by atoms with Crippen LogP contribution in [0, 0.1) is 0 Å². The topological polar surface area (TPSA) is 74.8 Å². The van der Waals surface area contributed by atoms with Gasteiger partial charge in [-0.1, -0.05) is 18.2 Å². The molecule has 1 N–H and O–H groups in total. The number of hydrogen-bond donors (Lipinski definition) is 1. The number of aromatic nitrogens is 1. The molecule has 1 saturated heterocycles. The van der Waals surface area contributed by atoms with Gasteiger partial charge in [0.1, 0.15) is 11.4 Å². The highest BCUT2D eigenvalue weighted by molar-refractivity contribution is 7.13. The van der Waals surface area contributed by atoms with Crippen LogP contribution >= 0.6 is 11.5 Å². The fourth-order valence-corrected chi connectivity index (χ4v) is 4.07. The number of anilines is 1. The van der Waals surface area contributed by atoms with E-state index in [1.165, 1.54) is 11.5 Å². The van der Waals surface area contributed by atoms with Gasteiger partial charge in [-0.3, -0.25) is 4.79 Å². The summed E-state index contributed by atoms with van der Waals surface area (Å²) in [5.41, 5.74) is 1.21. The van der Waals surface area contributed by atoms with Crippen LogP contribution in [0.1, 0.15) is 17.4 Å². The Hall–Kier alpha value is -3.13. The Labute approximate surface area is 173 Å². The Kier molecular flexibility index (Phi) is 5.62. The van der Waals surface area contributed by atoms with E-state index in [0.29, 0.717) is 44.2 Å². The van der Waals surface area contributed by atoms with Crippen molar-refractivity contribution in [3.05, 3.63) is 54.2 Å². The molecule has 1 aliphatic rings. The first kappa shape index (κ1) is 19.2. The number of hydrogen-bond acceptors (Lipinski definition) is 5. The number of rotatable bonds is 4. The minimum absolute atomic E-state index is 0.0750. The maximum Gasteiger partial charge on any atom is 0.321 e. The van der Waals surface area contributed by atoms with Gasteiger partial charge in [-0.2, -0.15) is 4.37 Å². The molecule has 2 heterocycles. The second-order valence-electron chi connectivity index (χ2n) is 6.69. The number of carbonyl (C=O) groups excluding carboxylic acids is 2. The highest BCUT2D eigenvalue weighted by atomic mass is 32.1. The fourth-order valence-electron chi connectivity index (χ4n) is 3.31. The maximum atomic E-state index is 12.9. The Bertz CT molecular complexity index is 1010. The zero-order valence-electron chi connectivity index (χ0n) is 16.1. The quantitative estimate of drug-likeness (QED) is 0.712.